The second kappa shape index (κ2) is 8.40. The first-order valence-corrected chi connectivity index (χ1v) is 9.50. The molecule has 0 amide bonds. The van der Waals surface area contributed by atoms with Crippen molar-refractivity contribution < 1.29 is 24.3 Å². The Hall–Kier alpha value is -0.280. The standard InChI is InChI=1S/C17H32N2O5/c20-16-17(21)19(22,13-24-15-9-5-2-6-10-15)11-18(16)12-23-14-7-3-1-4-8-14/h14-17,20-21H,1-13H2. The molecule has 0 radical (unpaired) electrons. The van der Waals surface area contributed by atoms with E-state index in [1.54, 1.807) is 0 Å². The summed E-state index contributed by atoms with van der Waals surface area (Å²) in [5.74, 6) is 0. The largest absolute Gasteiger partial charge is 0.628 e. The van der Waals surface area contributed by atoms with E-state index >= 15 is 0 Å². The first-order valence-electron chi connectivity index (χ1n) is 9.50. The molecule has 3 fully saturated rings. The minimum Gasteiger partial charge on any atom is -0.628 e. The van der Waals surface area contributed by atoms with E-state index < -0.39 is 17.1 Å². The molecule has 3 atom stereocenters. The van der Waals surface area contributed by atoms with Gasteiger partial charge in [0, 0.05) is 0 Å². The van der Waals surface area contributed by atoms with Crippen molar-refractivity contribution in [1.29, 1.82) is 0 Å². The zero-order chi connectivity index (χ0) is 17.0. The summed E-state index contributed by atoms with van der Waals surface area (Å²) in [4.78, 5) is 1.52. The third-order valence-corrected chi connectivity index (χ3v) is 5.65. The van der Waals surface area contributed by atoms with E-state index in [1.807, 2.05) is 0 Å². The monoisotopic (exact) mass is 344 g/mol. The lowest BCUT2D eigenvalue weighted by molar-refractivity contribution is -0.937. The summed E-state index contributed by atoms with van der Waals surface area (Å²) in [7, 11) is 0. The van der Waals surface area contributed by atoms with Crippen molar-refractivity contribution in [3.05, 3.63) is 5.21 Å². The topological polar surface area (TPSA) is 85.2 Å². The zero-order valence-corrected chi connectivity index (χ0v) is 14.5. The van der Waals surface area contributed by atoms with Crippen molar-refractivity contribution in [3.8, 4) is 0 Å². The lowest BCUT2D eigenvalue weighted by atomic mass is 9.98. The van der Waals surface area contributed by atoms with Crippen LogP contribution in [0.2, 0.25) is 0 Å². The average Bonchev–Trinajstić information content (AvgIpc) is 2.84. The molecular weight excluding hydrogens is 312 g/mol. The van der Waals surface area contributed by atoms with Gasteiger partial charge in [0.05, 0.1) is 12.2 Å². The Morgan fingerprint density at radius 2 is 1.42 bits per heavy atom. The SMILES string of the molecule is [O-][N+]1(COC2CCCCC2)CN(COC2CCCCC2)C(O)C1O. The number of aliphatic hydroxyl groups is 2. The van der Waals surface area contributed by atoms with Gasteiger partial charge in [-0.25, -0.2) is 0 Å². The molecule has 3 aliphatic rings. The molecule has 140 valence electrons. The Bertz CT molecular complexity index is 387. The number of quaternary nitrogens is 1. The van der Waals surface area contributed by atoms with Gasteiger partial charge in [0.15, 0.2) is 13.0 Å². The fourth-order valence-corrected chi connectivity index (χ4v) is 4.04. The Labute approximate surface area is 144 Å². The van der Waals surface area contributed by atoms with Crippen LogP contribution in [0.15, 0.2) is 0 Å². The van der Waals surface area contributed by atoms with Crippen LogP contribution in [0.25, 0.3) is 0 Å². The zero-order valence-electron chi connectivity index (χ0n) is 14.5. The molecule has 2 saturated carbocycles. The maximum absolute atomic E-state index is 12.9. The van der Waals surface area contributed by atoms with Crippen LogP contribution in [0.1, 0.15) is 64.2 Å². The van der Waals surface area contributed by atoms with Crippen molar-refractivity contribution in [1.82, 2.24) is 4.90 Å². The minimum absolute atomic E-state index is 0.00176. The summed E-state index contributed by atoms with van der Waals surface area (Å²) in [6.07, 6.45) is 8.85. The predicted molar refractivity (Wildman–Crippen MR) is 88.0 cm³/mol. The van der Waals surface area contributed by atoms with Gasteiger partial charge in [0.1, 0.15) is 13.4 Å². The second-order valence-electron chi connectivity index (χ2n) is 7.62. The quantitative estimate of drug-likeness (QED) is 0.565. The van der Waals surface area contributed by atoms with Gasteiger partial charge in [-0.05, 0) is 25.7 Å². The van der Waals surface area contributed by atoms with E-state index in [0.717, 1.165) is 38.5 Å². The molecule has 7 heteroatoms. The van der Waals surface area contributed by atoms with Gasteiger partial charge in [-0.3, -0.25) is 4.65 Å². The first-order chi connectivity index (χ1) is 11.6. The molecule has 0 aromatic heterocycles. The van der Waals surface area contributed by atoms with E-state index in [9.17, 15) is 15.4 Å². The summed E-state index contributed by atoms with van der Waals surface area (Å²) in [6, 6.07) is 0. The highest BCUT2D eigenvalue weighted by Crippen LogP contribution is 2.28. The fraction of sp³-hybridized carbons (Fsp3) is 1.00. The van der Waals surface area contributed by atoms with E-state index in [-0.39, 0.29) is 32.3 Å². The number of hydrogen-bond donors (Lipinski definition) is 2. The van der Waals surface area contributed by atoms with E-state index in [0.29, 0.717) is 0 Å². The molecular formula is C17H32N2O5. The Balaban J connectivity index is 1.47. The van der Waals surface area contributed by atoms with Gasteiger partial charge >= 0.3 is 0 Å². The third-order valence-electron chi connectivity index (χ3n) is 5.65. The molecule has 0 aromatic rings. The van der Waals surface area contributed by atoms with Crippen LogP contribution in [0.5, 0.6) is 0 Å². The molecule has 2 N–H and O–H groups in total. The summed E-state index contributed by atoms with van der Waals surface area (Å²) >= 11 is 0. The van der Waals surface area contributed by atoms with E-state index in [4.69, 9.17) is 9.47 Å². The molecule has 24 heavy (non-hydrogen) atoms. The molecule has 2 aliphatic carbocycles. The smallest absolute Gasteiger partial charge is 0.234 e. The lowest BCUT2D eigenvalue weighted by Gasteiger charge is -2.41. The van der Waals surface area contributed by atoms with Crippen molar-refractivity contribution in [2.24, 2.45) is 0 Å². The Morgan fingerprint density at radius 3 is 2.00 bits per heavy atom. The summed E-state index contributed by atoms with van der Waals surface area (Å²) < 4.78 is 10.7. The van der Waals surface area contributed by atoms with Crippen LogP contribution in [0.3, 0.4) is 0 Å². The number of aliphatic hydroxyl groups excluding tert-OH is 2. The second-order valence-corrected chi connectivity index (χ2v) is 7.62. The maximum Gasteiger partial charge on any atom is 0.234 e. The minimum atomic E-state index is -1.40. The normalized spacial score (nSPS) is 37.1. The highest BCUT2D eigenvalue weighted by atomic mass is 16.7. The van der Waals surface area contributed by atoms with Gasteiger partial charge in [-0.2, -0.15) is 4.90 Å². The molecule has 0 aromatic carbocycles. The van der Waals surface area contributed by atoms with Gasteiger partial charge in [-0.15, -0.1) is 0 Å². The Kier molecular flexibility index (Phi) is 6.48. The van der Waals surface area contributed by atoms with Crippen LogP contribution in [-0.4, -0.2) is 64.6 Å². The maximum atomic E-state index is 12.9. The summed E-state index contributed by atoms with van der Waals surface area (Å²) in [5.41, 5.74) is 0. The third kappa shape index (κ3) is 4.46. The Morgan fingerprint density at radius 1 is 0.875 bits per heavy atom. The highest BCUT2D eigenvalue weighted by Gasteiger charge is 2.47. The summed E-state index contributed by atoms with van der Waals surface area (Å²) in [5, 5.41) is 33.2. The van der Waals surface area contributed by atoms with E-state index in [1.165, 1.54) is 30.6 Å². The van der Waals surface area contributed by atoms with E-state index in [2.05, 4.69) is 0 Å². The van der Waals surface area contributed by atoms with Crippen LogP contribution < -0.4 is 0 Å². The van der Waals surface area contributed by atoms with Crippen molar-refractivity contribution in [2.45, 2.75) is 88.9 Å². The highest BCUT2D eigenvalue weighted by molar-refractivity contribution is 4.71. The molecule has 1 aliphatic heterocycles. The van der Waals surface area contributed by atoms with Gasteiger partial charge in [0.25, 0.3) is 0 Å². The predicted octanol–water partition coefficient (Wildman–Crippen LogP) is 1.82. The van der Waals surface area contributed by atoms with Crippen LogP contribution in [-0.2, 0) is 9.47 Å². The number of hydrogen-bond acceptors (Lipinski definition) is 6. The van der Waals surface area contributed by atoms with Crippen molar-refractivity contribution in [3.63, 3.8) is 0 Å². The van der Waals surface area contributed by atoms with Crippen LogP contribution >= 0.6 is 0 Å². The fourth-order valence-electron chi connectivity index (χ4n) is 4.04. The molecule has 3 unspecified atom stereocenters. The molecule has 1 heterocycles. The molecule has 7 nitrogen and oxygen atoms in total. The molecule has 0 spiro atoms. The van der Waals surface area contributed by atoms with Gasteiger partial charge < -0.3 is 24.9 Å². The molecule has 1 saturated heterocycles. The van der Waals surface area contributed by atoms with Crippen molar-refractivity contribution in [2.75, 3.05) is 20.1 Å². The van der Waals surface area contributed by atoms with Crippen molar-refractivity contribution >= 4 is 0 Å². The molecule has 3 rings (SSSR count). The number of rotatable bonds is 6. The number of hydroxylamine groups is 3. The van der Waals surface area contributed by atoms with Crippen LogP contribution in [0.4, 0.5) is 0 Å². The lowest BCUT2D eigenvalue weighted by Crippen LogP contribution is -2.51. The molecule has 0 bridgehead atoms. The van der Waals surface area contributed by atoms with Crippen LogP contribution in [0, 0.1) is 5.21 Å². The number of nitrogens with zero attached hydrogens (tertiary/aromatic N) is 2. The first kappa shape index (κ1) is 18.5. The van der Waals surface area contributed by atoms with Gasteiger partial charge in [-0.1, -0.05) is 38.5 Å². The number of ether oxygens (including phenoxy) is 2. The average molecular weight is 344 g/mol. The summed E-state index contributed by atoms with van der Waals surface area (Å²) in [6.45, 7) is 0.0825. The van der Waals surface area contributed by atoms with Gasteiger partial charge in [0.2, 0.25) is 6.23 Å².